The Bertz CT molecular complexity index is 555. The maximum Gasteiger partial charge on any atom is 0.415 e. The van der Waals surface area contributed by atoms with Crippen LogP contribution in [0.3, 0.4) is 0 Å². The molecule has 0 saturated heterocycles. The molecule has 0 aliphatic carbocycles. The van der Waals surface area contributed by atoms with Crippen molar-refractivity contribution in [3.05, 3.63) is 29.6 Å². The van der Waals surface area contributed by atoms with E-state index in [0.717, 1.165) is 6.07 Å². The van der Waals surface area contributed by atoms with Crippen molar-refractivity contribution in [2.24, 2.45) is 5.73 Å². The van der Waals surface area contributed by atoms with E-state index in [1.165, 1.54) is 0 Å². The standard InChI is InChI=1S/C11H10F4N2O3/c1-10(16,11(13,14)15)9(20)17-7-4-5(8(18)19)2-3-6(7)12/h2-4H,16H2,1H3,(H,17,20)(H,18,19). The number of nitrogens with one attached hydrogen (secondary N) is 1. The third kappa shape index (κ3) is 3.05. The van der Waals surface area contributed by atoms with Gasteiger partial charge in [0.15, 0.2) is 5.54 Å². The number of anilines is 1. The lowest BCUT2D eigenvalue weighted by Crippen LogP contribution is -2.59. The molecule has 0 aliphatic rings. The molecule has 4 N–H and O–H groups in total. The number of amides is 1. The molecule has 0 aromatic heterocycles. The smallest absolute Gasteiger partial charge is 0.415 e. The van der Waals surface area contributed by atoms with Gasteiger partial charge in [-0.2, -0.15) is 13.2 Å². The summed E-state index contributed by atoms with van der Waals surface area (Å²) < 4.78 is 50.9. The van der Waals surface area contributed by atoms with Crippen LogP contribution < -0.4 is 11.1 Å². The Morgan fingerprint density at radius 2 is 1.85 bits per heavy atom. The molecule has 0 fully saturated rings. The van der Waals surface area contributed by atoms with Gasteiger partial charge in [-0.3, -0.25) is 4.79 Å². The molecule has 0 spiro atoms. The summed E-state index contributed by atoms with van der Waals surface area (Å²) in [7, 11) is 0. The van der Waals surface area contributed by atoms with Crippen LogP contribution >= 0.6 is 0 Å². The number of aromatic carboxylic acids is 1. The molecular weight excluding hydrogens is 284 g/mol. The number of carbonyl (C=O) groups is 2. The number of carboxylic acids is 1. The lowest BCUT2D eigenvalue weighted by molar-refractivity contribution is -0.184. The van der Waals surface area contributed by atoms with Crippen LogP contribution in [0, 0.1) is 5.82 Å². The molecule has 1 aromatic rings. The third-order valence-corrected chi connectivity index (χ3v) is 2.52. The van der Waals surface area contributed by atoms with Crippen LogP contribution in [0.4, 0.5) is 23.2 Å². The van der Waals surface area contributed by atoms with Gasteiger partial charge in [0.05, 0.1) is 11.3 Å². The normalized spacial score (nSPS) is 14.5. The number of halogens is 4. The maximum atomic E-state index is 13.3. The zero-order chi connectivity index (χ0) is 15.7. The Morgan fingerprint density at radius 1 is 1.30 bits per heavy atom. The van der Waals surface area contributed by atoms with Gasteiger partial charge in [-0.15, -0.1) is 0 Å². The quantitative estimate of drug-likeness (QED) is 0.740. The first-order valence-electron chi connectivity index (χ1n) is 5.16. The molecule has 1 atom stereocenters. The maximum absolute atomic E-state index is 13.3. The van der Waals surface area contributed by atoms with Crippen LogP contribution in [0.5, 0.6) is 0 Å². The summed E-state index contributed by atoms with van der Waals surface area (Å²) in [6.07, 6.45) is -5.04. The van der Waals surface area contributed by atoms with Crippen molar-refractivity contribution in [3.63, 3.8) is 0 Å². The molecule has 110 valence electrons. The van der Waals surface area contributed by atoms with Crippen molar-refractivity contribution in [1.82, 2.24) is 0 Å². The van der Waals surface area contributed by atoms with E-state index in [9.17, 15) is 27.2 Å². The van der Waals surface area contributed by atoms with Crippen LogP contribution in [0.1, 0.15) is 17.3 Å². The molecular formula is C11H10F4N2O3. The highest BCUT2D eigenvalue weighted by molar-refractivity contribution is 5.99. The Labute approximate surface area is 110 Å². The van der Waals surface area contributed by atoms with E-state index in [4.69, 9.17) is 10.8 Å². The number of benzene rings is 1. The SMILES string of the molecule is CC(N)(C(=O)Nc1cc(C(=O)O)ccc1F)C(F)(F)F. The van der Waals surface area contributed by atoms with Gasteiger partial charge in [-0.25, -0.2) is 9.18 Å². The summed E-state index contributed by atoms with van der Waals surface area (Å²) in [5.41, 5.74) is 0.526. The second-order valence-corrected chi connectivity index (χ2v) is 4.15. The minimum Gasteiger partial charge on any atom is -0.478 e. The predicted octanol–water partition coefficient (Wildman–Crippen LogP) is 1.74. The summed E-state index contributed by atoms with van der Waals surface area (Å²) >= 11 is 0. The molecule has 9 heteroatoms. The largest absolute Gasteiger partial charge is 0.478 e. The third-order valence-electron chi connectivity index (χ3n) is 2.52. The van der Waals surface area contributed by atoms with Gasteiger partial charge in [-0.1, -0.05) is 0 Å². The van der Waals surface area contributed by atoms with Crippen LogP contribution in [-0.2, 0) is 4.79 Å². The second-order valence-electron chi connectivity index (χ2n) is 4.15. The molecule has 0 bridgehead atoms. The Kier molecular flexibility index (Phi) is 4.04. The summed E-state index contributed by atoms with van der Waals surface area (Å²) in [6, 6.07) is 2.31. The zero-order valence-electron chi connectivity index (χ0n) is 10.1. The van der Waals surface area contributed by atoms with Crippen molar-refractivity contribution in [3.8, 4) is 0 Å². The monoisotopic (exact) mass is 294 g/mol. The summed E-state index contributed by atoms with van der Waals surface area (Å²) in [5, 5.41) is 10.3. The number of hydrogen-bond donors (Lipinski definition) is 3. The number of nitrogens with two attached hydrogens (primary N) is 1. The first kappa shape index (κ1) is 15.9. The first-order valence-corrected chi connectivity index (χ1v) is 5.16. The van der Waals surface area contributed by atoms with E-state index in [1.807, 2.05) is 0 Å². The number of carboxylic acid groups (broad SMARTS) is 1. The molecule has 0 saturated carbocycles. The van der Waals surface area contributed by atoms with Gasteiger partial charge in [0.2, 0.25) is 0 Å². The molecule has 20 heavy (non-hydrogen) atoms. The van der Waals surface area contributed by atoms with Crippen molar-refractivity contribution >= 4 is 17.6 Å². The van der Waals surface area contributed by atoms with Crippen molar-refractivity contribution in [2.75, 3.05) is 5.32 Å². The summed E-state index contributed by atoms with van der Waals surface area (Å²) in [5.74, 6) is -4.21. The molecule has 0 heterocycles. The van der Waals surface area contributed by atoms with Gasteiger partial charge >= 0.3 is 12.1 Å². The summed E-state index contributed by atoms with van der Waals surface area (Å²) in [6.45, 7) is 0.418. The number of alkyl halides is 3. The Balaban J connectivity index is 3.08. The van der Waals surface area contributed by atoms with E-state index in [2.05, 4.69) is 0 Å². The van der Waals surface area contributed by atoms with E-state index < -0.39 is 40.7 Å². The topological polar surface area (TPSA) is 92.4 Å². The van der Waals surface area contributed by atoms with E-state index >= 15 is 0 Å². The lowest BCUT2D eigenvalue weighted by Gasteiger charge is -2.26. The van der Waals surface area contributed by atoms with E-state index in [1.54, 1.807) is 5.32 Å². The number of hydrogen-bond acceptors (Lipinski definition) is 3. The number of carbonyl (C=O) groups excluding carboxylic acids is 1. The van der Waals surface area contributed by atoms with Crippen molar-refractivity contribution < 1.29 is 32.3 Å². The Morgan fingerprint density at radius 3 is 2.30 bits per heavy atom. The number of rotatable bonds is 3. The molecule has 5 nitrogen and oxygen atoms in total. The van der Waals surface area contributed by atoms with Crippen LogP contribution in [-0.4, -0.2) is 28.7 Å². The Hall–Kier alpha value is -2.16. The minimum absolute atomic E-state index is 0.396. The molecule has 1 unspecified atom stereocenters. The van der Waals surface area contributed by atoms with Crippen LogP contribution in [0.15, 0.2) is 18.2 Å². The van der Waals surface area contributed by atoms with Crippen molar-refractivity contribution in [2.45, 2.75) is 18.6 Å². The highest BCUT2D eigenvalue weighted by Crippen LogP contribution is 2.29. The lowest BCUT2D eigenvalue weighted by atomic mass is 10.0. The van der Waals surface area contributed by atoms with Gasteiger partial charge in [0.1, 0.15) is 5.82 Å². The average molecular weight is 294 g/mol. The van der Waals surface area contributed by atoms with Gasteiger partial charge in [0, 0.05) is 0 Å². The van der Waals surface area contributed by atoms with E-state index in [0.29, 0.717) is 19.1 Å². The predicted molar refractivity (Wildman–Crippen MR) is 60.6 cm³/mol. The second kappa shape index (κ2) is 5.08. The fraction of sp³-hybridized carbons (Fsp3) is 0.273. The fourth-order valence-electron chi connectivity index (χ4n) is 1.13. The van der Waals surface area contributed by atoms with Crippen LogP contribution in [0.25, 0.3) is 0 Å². The summed E-state index contributed by atoms with van der Waals surface area (Å²) in [4.78, 5) is 22.1. The zero-order valence-corrected chi connectivity index (χ0v) is 10.1. The van der Waals surface area contributed by atoms with E-state index in [-0.39, 0.29) is 0 Å². The molecule has 1 rings (SSSR count). The van der Waals surface area contributed by atoms with Gasteiger partial charge in [-0.05, 0) is 25.1 Å². The fourth-order valence-corrected chi connectivity index (χ4v) is 1.13. The highest BCUT2D eigenvalue weighted by Gasteiger charge is 2.54. The highest BCUT2D eigenvalue weighted by atomic mass is 19.4. The molecule has 1 aromatic carbocycles. The van der Waals surface area contributed by atoms with Gasteiger partial charge in [0.25, 0.3) is 5.91 Å². The first-order chi connectivity index (χ1) is 8.96. The minimum atomic E-state index is -5.04. The molecule has 1 amide bonds. The van der Waals surface area contributed by atoms with Crippen molar-refractivity contribution in [1.29, 1.82) is 0 Å². The van der Waals surface area contributed by atoms with Crippen LogP contribution in [0.2, 0.25) is 0 Å². The average Bonchev–Trinajstić information content (AvgIpc) is 2.29. The van der Waals surface area contributed by atoms with Gasteiger partial charge < -0.3 is 16.2 Å². The molecule has 0 radical (unpaired) electrons. The molecule has 0 aliphatic heterocycles.